The predicted octanol–water partition coefficient (Wildman–Crippen LogP) is 6.39. The molecule has 0 unspecified atom stereocenters. The maximum Gasteiger partial charge on any atom is 0.305 e. The van der Waals surface area contributed by atoms with Crippen LogP contribution in [-0.2, 0) is 16.1 Å². The van der Waals surface area contributed by atoms with Crippen molar-refractivity contribution in [2.75, 3.05) is 37.5 Å². The van der Waals surface area contributed by atoms with Crippen LogP contribution in [0.5, 0.6) is 11.5 Å². The summed E-state index contributed by atoms with van der Waals surface area (Å²) in [6.45, 7) is 5.18. The molecule has 0 radical (unpaired) electrons. The molecule has 0 aliphatic carbocycles. The van der Waals surface area contributed by atoms with Crippen molar-refractivity contribution in [3.63, 3.8) is 0 Å². The lowest BCUT2D eigenvalue weighted by Crippen LogP contribution is -2.13. The summed E-state index contributed by atoms with van der Waals surface area (Å²) in [5, 5.41) is 2.95. The van der Waals surface area contributed by atoms with Crippen LogP contribution in [0.3, 0.4) is 0 Å². The molecule has 38 heavy (non-hydrogen) atoms. The minimum atomic E-state index is -0.212. The number of carbonyl (C=O) groups is 2. The van der Waals surface area contributed by atoms with Gasteiger partial charge in [-0.25, -0.2) is 0 Å². The molecule has 0 bridgehead atoms. The second-order valence-electron chi connectivity index (χ2n) is 9.27. The summed E-state index contributed by atoms with van der Waals surface area (Å²) in [7, 11) is 3.99. The molecule has 3 aromatic rings. The number of anilines is 2. The van der Waals surface area contributed by atoms with E-state index < -0.39 is 0 Å². The number of hydrogen-bond acceptors (Lipinski definition) is 6. The lowest BCUT2D eigenvalue weighted by Gasteiger charge is -2.18. The average Bonchev–Trinajstić information content (AvgIpc) is 2.91. The first-order valence-electron chi connectivity index (χ1n) is 13.1. The summed E-state index contributed by atoms with van der Waals surface area (Å²) in [5.74, 6) is 1.06. The van der Waals surface area contributed by atoms with Gasteiger partial charge in [0.2, 0.25) is 0 Å². The number of nitrogens with one attached hydrogen (secondary N) is 1. The molecule has 0 spiro atoms. The van der Waals surface area contributed by atoms with Gasteiger partial charge in [0.15, 0.2) is 0 Å². The first kappa shape index (κ1) is 28.6. The van der Waals surface area contributed by atoms with Gasteiger partial charge < -0.3 is 24.4 Å². The highest BCUT2D eigenvalue weighted by atomic mass is 16.5. The summed E-state index contributed by atoms with van der Waals surface area (Å²) in [6.07, 6.45) is 2.87. The van der Waals surface area contributed by atoms with Gasteiger partial charge in [0.05, 0.1) is 24.6 Å². The molecular weight excluding hydrogens is 480 g/mol. The second kappa shape index (κ2) is 14.7. The van der Waals surface area contributed by atoms with E-state index in [-0.39, 0.29) is 11.9 Å². The van der Waals surface area contributed by atoms with E-state index in [9.17, 15) is 9.59 Å². The van der Waals surface area contributed by atoms with Crippen molar-refractivity contribution in [2.24, 2.45) is 0 Å². The predicted molar refractivity (Wildman–Crippen MR) is 151 cm³/mol. The Morgan fingerprint density at radius 1 is 0.868 bits per heavy atom. The van der Waals surface area contributed by atoms with Gasteiger partial charge in [-0.1, -0.05) is 30.3 Å². The van der Waals surface area contributed by atoms with Gasteiger partial charge in [0.1, 0.15) is 18.1 Å². The largest absolute Gasteiger partial charge is 0.491 e. The molecule has 7 heteroatoms. The van der Waals surface area contributed by atoms with Crippen molar-refractivity contribution in [3.8, 4) is 11.5 Å². The molecule has 3 aromatic carbocycles. The SMILES string of the molecule is CCOC(=O)CCCCCOc1ccccc1NC(=O)c1ccc(COc2ccc(C)cc2N(C)C)cc1. The number of ether oxygens (including phenoxy) is 3. The van der Waals surface area contributed by atoms with Crippen molar-refractivity contribution >= 4 is 23.3 Å². The van der Waals surface area contributed by atoms with E-state index >= 15 is 0 Å². The molecule has 0 saturated heterocycles. The van der Waals surface area contributed by atoms with Gasteiger partial charge in [-0.15, -0.1) is 0 Å². The van der Waals surface area contributed by atoms with Crippen LogP contribution in [-0.4, -0.2) is 39.2 Å². The van der Waals surface area contributed by atoms with E-state index in [1.54, 1.807) is 19.1 Å². The Balaban J connectivity index is 1.50. The number of nitrogens with zero attached hydrogens (tertiary/aromatic N) is 1. The molecule has 0 heterocycles. The van der Waals surface area contributed by atoms with E-state index in [2.05, 4.69) is 18.3 Å². The molecule has 0 saturated carbocycles. The van der Waals surface area contributed by atoms with Crippen LogP contribution < -0.4 is 19.7 Å². The first-order valence-corrected chi connectivity index (χ1v) is 13.1. The van der Waals surface area contributed by atoms with E-state index in [1.807, 2.05) is 67.5 Å². The zero-order chi connectivity index (χ0) is 27.3. The number of rotatable bonds is 14. The average molecular weight is 519 g/mol. The summed E-state index contributed by atoms with van der Waals surface area (Å²) in [4.78, 5) is 26.3. The van der Waals surface area contributed by atoms with Crippen LogP contribution in [0.1, 0.15) is 54.1 Å². The molecule has 0 fully saturated rings. The summed E-state index contributed by atoms with van der Waals surface area (Å²) in [6, 6.07) is 20.9. The Kier molecular flexibility index (Phi) is 11.0. The standard InChI is InChI=1S/C31H38N2O5/c1-5-36-30(34)13-7-6-10-20-37-28-12-9-8-11-26(28)32-31(35)25-17-15-24(16-18-25)22-38-29-19-14-23(2)21-27(29)33(3)4/h8-9,11-12,14-19,21H,5-7,10,13,20,22H2,1-4H3,(H,32,35). The Labute approximate surface area is 225 Å². The van der Waals surface area contributed by atoms with E-state index in [4.69, 9.17) is 14.2 Å². The molecule has 1 N–H and O–H groups in total. The highest BCUT2D eigenvalue weighted by Crippen LogP contribution is 2.29. The Hall–Kier alpha value is -4.00. The third kappa shape index (κ3) is 8.83. The molecule has 1 amide bonds. The minimum absolute atomic E-state index is 0.160. The summed E-state index contributed by atoms with van der Waals surface area (Å²) < 4.78 is 16.9. The number of amides is 1. The van der Waals surface area contributed by atoms with Gasteiger partial charge in [-0.3, -0.25) is 9.59 Å². The van der Waals surface area contributed by atoms with Crippen LogP contribution >= 0.6 is 0 Å². The van der Waals surface area contributed by atoms with Crippen molar-refractivity contribution in [1.29, 1.82) is 0 Å². The van der Waals surface area contributed by atoms with Crippen LogP contribution in [0.25, 0.3) is 0 Å². The Morgan fingerprint density at radius 2 is 1.63 bits per heavy atom. The van der Waals surface area contributed by atoms with Crippen LogP contribution in [0.4, 0.5) is 11.4 Å². The van der Waals surface area contributed by atoms with Gasteiger partial charge in [0, 0.05) is 26.1 Å². The molecule has 0 aliphatic heterocycles. The molecule has 3 rings (SSSR count). The third-order valence-corrected chi connectivity index (χ3v) is 5.93. The van der Waals surface area contributed by atoms with Crippen LogP contribution in [0.2, 0.25) is 0 Å². The number of benzene rings is 3. The van der Waals surface area contributed by atoms with Crippen molar-refractivity contribution in [3.05, 3.63) is 83.4 Å². The summed E-state index contributed by atoms with van der Waals surface area (Å²) >= 11 is 0. The highest BCUT2D eigenvalue weighted by Gasteiger charge is 2.11. The van der Waals surface area contributed by atoms with Gasteiger partial charge in [-0.2, -0.15) is 0 Å². The highest BCUT2D eigenvalue weighted by molar-refractivity contribution is 6.05. The molecule has 0 aromatic heterocycles. The maximum atomic E-state index is 12.9. The third-order valence-electron chi connectivity index (χ3n) is 5.93. The lowest BCUT2D eigenvalue weighted by atomic mass is 10.1. The molecule has 7 nitrogen and oxygen atoms in total. The molecular formula is C31H38N2O5. The smallest absolute Gasteiger partial charge is 0.305 e. The fourth-order valence-electron chi connectivity index (χ4n) is 3.87. The van der Waals surface area contributed by atoms with Crippen molar-refractivity contribution in [2.45, 2.75) is 46.1 Å². The lowest BCUT2D eigenvalue weighted by molar-refractivity contribution is -0.143. The van der Waals surface area contributed by atoms with E-state index in [0.717, 1.165) is 36.3 Å². The quantitative estimate of drug-likeness (QED) is 0.197. The van der Waals surface area contributed by atoms with Crippen molar-refractivity contribution < 1.29 is 23.8 Å². The molecule has 0 aliphatic rings. The molecule has 202 valence electrons. The number of hydrogen-bond donors (Lipinski definition) is 1. The minimum Gasteiger partial charge on any atom is -0.491 e. The van der Waals surface area contributed by atoms with Gasteiger partial charge >= 0.3 is 5.97 Å². The van der Waals surface area contributed by atoms with Crippen molar-refractivity contribution in [1.82, 2.24) is 0 Å². The molecule has 0 atom stereocenters. The van der Waals surface area contributed by atoms with Crippen LogP contribution in [0, 0.1) is 6.92 Å². The monoisotopic (exact) mass is 518 g/mol. The normalized spacial score (nSPS) is 10.5. The van der Waals surface area contributed by atoms with Gasteiger partial charge in [-0.05, 0) is 80.6 Å². The number of aryl methyl sites for hydroxylation is 1. The first-order chi connectivity index (χ1) is 18.4. The van der Waals surface area contributed by atoms with Gasteiger partial charge in [0.25, 0.3) is 5.91 Å². The number of para-hydroxylation sites is 2. The number of unbranched alkanes of at least 4 members (excludes halogenated alkanes) is 2. The van der Waals surface area contributed by atoms with E-state index in [1.165, 1.54) is 5.56 Å². The van der Waals surface area contributed by atoms with Crippen LogP contribution in [0.15, 0.2) is 66.7 Å². The topological polar surface area (TPSA) is 77.1 Å². The summed E-state index contributed by atoms with van der Waals surface area (Å²) in [5.41, 5.74) is 4.34. The Bertz CT molecular complexity index is 1190. The zero-order valence-corrected chi connectivity index (χ0v) is 22.8. The van der Waals surface area contributed by atoms with E-state index in [0.29, 0.717) is 43.2 Å². The Morgan fingerprint density at radius 3 is 2.37 bits per heavy atom. The maximum absolute atomic E-state index is 12.9. The fourth-order valence-corrected chi connectivity index (χ4v) is 3.87. The number of esters is 1. The second-order valence-corrected chi connectivity index (χ2v) is 9.27. The zero-order valence-electron chi connectivity index (χ0n) is 22.8. The fraction of sp³-hybridized carbons (Fsp3) is 0.355. The number of carbonyl (C=O) groups excluding carboxylic acids is 2.